The van der Waals surface area contributed by atoms with Gasteiger partial charge in [0.05, 0.1) is 12.2 Å². The van der Waals surface area contributed by atoms with Crippen molar-refractivity contribution in [3.05, 3.63) is 17.5 Å². The summed E-state index contributed by atoms with van der Waals surface area (Å²) in [5, 5.41) is 7.67. The van der Waals surface area contributed by atoms with Crippen molar-refractivity contribution in [2.75, 3.05) is 26.3 Å². The highest BCUT2D eigenvalue weighted by atomic mass is 16.5. The van der Waals surface area contributed by atoms with Crippen molar-refractivity contribution >= 4 is 5.91 Å². The van der Waals surface area contributed by atoms with E-state index in [0.717, 1.165) is 69.9 Å². The SMILES string of the molecule is Cc1cc(C)n(C[C@@H](C)NC(=O)C2CCN(C3CCOCC3)CC2)n1. The summed E-state index contributed by atoms with van der Waals surface area (Å²) in [7, 11) is 0. The molecule has 2 fully saturated rings. The van der Waals surface area contributed by atoms with Crippen molar-refractivity contribution in [2.45, 2.75) is 65.1 Å². The molecule has 3 heterocycles. The standard InChI is InChI=1S/C19H32N4O2/c1-14-12-16(3)23(21-14)13-15(2)20-19(24)17-4-8-22(9-5-17)18-6-10-25-11-7-18/h12,15,17-18H,4-11,13H2,1-3H3,(H,20,24)/t15-/m1/s1. The Morgan fingerprint density at radius 3 is 2.56 bits per heavy atom. The zero-order valence-corrected chi connectivity index (χ0v) is 15.8. The van der Waals surface area contributed by atoms with Crippen molar-refractivity contribution in [3.63, 3.8) is 0 Å². The number of aromatic nitrogens is 2. The van der Waals surface area contributed by atoms with Crippen LogP contribution in [0.4, 0.5) is 0 Å². The number of ether oxygens (including phenoxy) is 1. The molecule has 0 radical (unpaired) electrons. The molecule has 1 atom stereocenters. The highest BCUT2D eigenvalue weighted by molar-refractivity contribution is 5.79. The zero-order valence-electron chi connectivity index (χ0n) is 15.8. The Kier molecular flexibility index (Phi) is 6.12. The quantitative estimate of drug-likeness (QED) is 0.883. The number of nitrogens with one attached hydrogen (secondary N) is 1. The second-order valence-corrected chi connectivity index (χ2v) is 7.67. The molecule has 0 bridgehead atoms. The molecule has 0 aliphatic carbocycles. The first-order valence-electron chi connectivity index (χ1n) is 9.66. The van der Waals surface area contributed by atoms with Gasteiger partial charge in [0.1, 0.15) is 0 Å². The minimum atomic E-state index is 0.0963. The van der Waals surface area contributed by atoms with Gasteiger partial charge in [-0.05, 0) is 65.6 Å². The maximum Gasteiger partial charge on any atom is 0.223 e. The smallest absolute Gasteiger partial charge is 0.223 e. The average Bonchev–Trinajstić information content (AvgIpc) is 2.92. The highest BCUT2D eigenvalue weighted by Gasteiger charge is 2.30. The minimum Gasteiger partial charge on any atom is -0.381 e. The molecule has 2 saturated heterocycles. The van der Waals surface area contributed by atoms with Crippen LogP contribution in [0.1, 0.15) is 44.0 Å². The van der Waals surface area contributed by atoms with Gasteiger partial charge in [0, 0.05) is 36.9 Å². The minimum absolute atomic E-state index is 0.0963. The van der Waals surface area contributed by atoms with E-state index in [-0.39, 0.29) is 17.9 Å². The molecule has 6 heteroatoms. The summed E-state index contributed by atoms with van der Waals surface area (Å²) in [5.74, 6) is 0.361. The monoisotopic (exact) mass is 348 g/mol. The van der Waals surface area contributed by atoms with Crippen LogP contribution < -0.4 is 5.32 Å². The van der Waals surface area contributed by atoms with Crippen LogP contribution in [-0.2, 0) is 16.1 Å². The maximum absolute atomic E-state index is 12.6. The number of aryl methyl sites for hydroxylation is 2. The van der Waals surface area contributed by atoms with Gasteiger partial charge < -0.3 is 15.0 Å². The Bertz CT molecular complexity index is 572. The molecule has 1 aromatic heterocycles. The van der Waals surface area contributed by atoms with Crippen LogP contribution in [-0.4, -0.2) is 59.0 Å². The molecule has 2 aliphatic rings. The normalized spacial score (nSPS) is 22.0. The van der Waals surface area contributed by atoms with Crippen molar-refractivity contribution in [3.8, 4) is 0 Å². The Balaban J connectivity index is 1.43. The molecular weight excluding hydrogens is 316 g/mol. The summed E-state index contributed by atoms with van der Waals surface area (Å²) >= 11 is 0. The van der Waals surface area contributed by atoms with Gasteiger partial charge in [-0.25, -0.2) is 0 Å². The number of piperidine rings is 1. The van der Waals surface area contributed by atoms with E-state index in [2.05, 4.69) is 35.2 Å². The van der Waals surface area contributed by atoms with Gasteiger partial charge in [-0.3, -0.25) is 9.48 Å². The molecule has 0 saturated carbocycles. The number of amides is 1. The van der Waals surface area contributed by atoms with E-state index in [4.69, 9.17) is 4.74 Å². The van der Waals surface area contributed by atoms with Crippen molar-refractivity contribution in [2.24, 2.45) is 5.92 Å². The fourth-order valence-corrected chi connectivity index (χ4v) is 4.10. The van der Waals surface area contributed by atoms with Crippen LogP contribution in [0.5, 0.6) is 0 Å². The topological polar surface area (TPSA) is 59.4 Å². The fourth-order valence-electron chi connectivity index (χ4n) is 4.10. The Morgan fingerprint density at radius 2 is 1.96 bits per heavy atom. The summed E-state index contributed by atoms with van der Waals surface area (Å²) < 4.78 is 7.43. The summed E-state index contributed by atoms with van der Waals surface area (Å²) in [6.45, 7) is 10.7. The molecule has 2 aliphatic heterocycles. The number of hydrogen-bond donors (Lipinski definition) is 1. The number of rotatable bonds is 5. The molecule has 6 nitrogen and oxygen atoms in total. The maximum atomic E-state index is 12.6. The van der Waals surface area contributed by atoms with Crippen molar-refractivity contribution in [1.82, 2.24) is 20.0 Å². The lowest BCUT2D eigenvalue weighted by Gasteiger charge is -2.39. The van der Waals surface area contributed by atoms with E-state index in [0.29, 0.717) is 6.04 Å². The zero-order chi connectivity index (χ0) is 17.8. The molecule has 3 rings (SSSR count). The van der Waals surface area contributed by atoms with E-state index in [9.17, 15) is 4.79 Å². The summed E-state index contributed by atoms with van der Waals surface area (Å²) in [4.78, 5) is 15.2. The van der Waals surface area contributed by atoms with Crippen LogP contribution in [0.2, 0.25) is 0 Å². The first-order valence-corrected chi connectivity index (χ1v) is 9.66. The van der Waals surface area contributed by atoms with Crippen molar-refractivity contribution in [1.29, 1.82) is 0 Å². The van der Waals surface area contributed by atoms with E-state index in [1.807, 2.05) is 11.6 Å². The molecule has 0 spiro atoms. The van der Waals surface area contributed by atoms with Gasteiger partial charge in [0.15, 0.2) is 0 Å². The molecule has 0 unspecified atom stereocenters. The third kappa shape index (κ3) is 4.82. The number of hydrogen-bond acceptors (Lipinski definition) is 4. The molecule has 1 N–H and O–H groups in total. The van der Waals surface area contributed by atoms with Gasteiger partial charge in [0.25, 0.3) is 0 Å². The van der Waals surface area contributed by atoms with Crippen LogP contribution in [0.25, 0.3) is 0 Å². The van der Waals surface area contributed by atoms with Gasteiger partial charge in [-0.15, -0.1) is 0 Å². The lowest BCUT2D eigenvalue weighted by Crippen LogP contribution is -2.48. The third-order valence-electron chi connectivity index (χ3n) is 5.55. The third-order valence-corrected chi connectivity index (χ3v) is 5.55. The average molecular weight is 348 g/mol. The predicted octanol–water partition coefficient (Wildman–Crippen LogP) is 1.90. The van der Waals surface area contributed by atoms with Crippen LogP contribution >= 0.6 is 0 Å². The predicted molar refractivity (Wildman–Crippen MR) is 97.4 cm³/mol. The largest absolute Gasteiger partial charge is 0.381 e. The Morgan fingerprint density at radius 1 is 1.28 bits per heavy atom. The lowest BCUT2D eigenvalue weighted by molar-refractivity contribution is -0.127. The summed E-state index contributed by atoms with van der Waals surface area (Å²) in [5.41, 5.74) is 2.17. The van der Waals surface area contributed by atoms with Crippen LogP contribution in [0.3, 0.4) is 0 Å². The molecular formula is C19H32N4O2. The molecule has 1 amide bonds. The first kappa shape index (κ1) is 18.4. The van der Waals surface area contributed by atoms with Crippen LogP contribution in [0.15, 0.2) is 6.07 Å². The number of carbonyl (C=O) groups is 1. The van der Waals surface area contributed by atoms with Crippen LogP contribution in [0, 0.1) is 19.8 Å². The van der Waals surface area contributed by atoms with Gasteiger partial charge in [0.2, 0.25) is 5.91 Å². The second-order valence-electron chi connectivity index (χ2n) is 7.67. The van der Waals surface area contributed by atoms with Gasteiger partial charge in [-0.2, -0.15) is 5.10 Å². The Hall–Kier alpha value is -1.40. The van der Waals surface area contributed by atoms with Gasteiger partial charge in [-0.1, -0.05) is 0 Å². The first-order chi connectivity index (χ1) is 12.0. The molecule has 1 aromatic rings. The van der Waals surface area contributed by atoms with E-state index < -0.39 is 0 Å². The summed E-state index contributed by atoms with van der Waals surface area (Å²) in [6.07, 6.45) is 4.21. The van der Waals surface area contributed by atoms with Crippen molar-refractivity contribution < 1.29 is 9.53 Å². The van der Waals surface area contributed by atoms with E-state index >= 15 is 0 Å². The highest BCUT2D eigenvalue weighted by Crippen LogP contribution is 2.23. The van der Waals surface area contributed by atoms with E-state index in [1.54, 1.807) is 0 Å². The van der Waals surface area contributed by atoms with Gasteiger partial charge >= 0.3 is 0 Å². The Labute approximate surface area is 150 Å². The molecule has 25 heavy (non-hydrogen) atoms. The molecule has 140 valence electrons. The number of likely N-dealkylation sites (tertiary alicyclic amines) is 1. The number of nitrogens with zero attached hydrogens (tertiary/aromatic N) is 3. The fraction of sp³-hybridized carbons (Fsp3) is 0.789. The molecule has 0 aromatic carbocycles. The second kappa shape index (κ2) is 8.32. The summed E-state index contributed by atoms with van der Waals surface area (Å²) in [6, 6.07) is 2.82. The lowest BCUT2D eigenvalue weighted by atomic mass is 9.93. The van der Waals surface area contributed by atoms with E-state index in [1.165, 1.54) is 0 Å². The number of carbonyl (C=O) groups excluding carboxylic acids is 1.